The number of hydrogen-bond donors (Lipinski definition) is 2. The van der Waals surface area contributed by atoms with Gasteiger partial charge in [-0.2, -0.15) is 15.3 Å². The molecule has 0 aliphatic heterocycles. The van der Waals surface area contributed by atoms with Gasteiger partial charge in [-0.1, -0.05) is 18.2 Å². The first kappa shape index (κ1) is 13.6. The van der Waals surface area contributed by atoms with Crippen LogP contribution in [0.3, 0.4) is 0 Å². The molecule has 1 aromatic carbocycles. The van der Waals surface area contributed by atoms with Crippen molar-refractivity contribution in [2.75, 3.05) is 5.32 Å². The molecule has 1 amide bonds. The van der Waals surface area contributed by atoms with Crippen molar-refractivity contribution in [1.29, 1.82) is 5.26 Å². The van der Waals surface area contributed by atoms with Crippen LogP contribution in [-0.4, -0.2) is 25.7 Å². The molecule has 2 N–H and O–H groups in total. The molecule has 2 heterocycles. The van der Waals surface area contributed by atoms with Gasteiger partial charge in [0.1, 0.15) is 18.0 Å². The molecule has 7 heteroatoms. The summed E-state index contributed by atoms with van der Waals surface area (Å²) in [6.45, 7) is 0. The van der Waals surface area contributed by atoms with Crippen molar-refractivity contribution in [3.05, 3.63) is 47.9 Å². The minimum Gasteiger partial charge on any atom is -0.350 e. The Balaban J connectivity index is 1.97. The van der Waals surface area contributed by atoms with E-state index in [1.165, 1.54) is 6.33 Å². The van der Waals surface area contributed by atoms with E-state index in [4.69, 9.17) is 0 Å². The number of nitrogens with one attached hydrogen (secondary N) is 2. The van der Waals surface area contributed by atoms with E-state index in [2.05, 4.69) is 20.5 Å². The van der Waals surface area contributed by atoms with Crippen LogP contribution < -0.4 is 5.32 Å². The van der Waals surface area contributed by atoms with Crippen LogP contribution in [0.25, 0.3) is 17.0 Å². The monoisotopic (exact) mass is 292 g/mol. The minimum absolute atomic E-state index is 0.00671. The highest BCUT2D eigenvalue weighted by atomic mass is 16.1. The first-order valence-corrected chi connectivity index (χ1v) is 6.51. The zero-order chi connectivity index (χ0) is 15.5. The Morgan fingerprint density at radius 3 is 3.00 bits per heavy atom. The fourth-order valence-electron chi connectivity index (χ4n) is 2.23. The van der Waals surface area contributed by atoms with Crippen LogP contribution in [0.4, 0.5) is 5.95 Å². The summed E-state index contributed by atoms with van der Waals surface area (Å²) < 4.78 is 1.95. The second kappa shape index (κ2) is 5.54. The van der Waals surface area contributed by atoms with E-state index in [-0.39, 0.29) is 11.5 Å². The second-order valence-electron chi connectivity index (χ2n) is 4.67. The number of benzene rings is 1. The molecule has 22 heavy (non-hydrogen) atoms. The molecule has 0 saturated heterocycles. The van der Waals surface area contributed by atoms with Crippen LogP contribution in [0.5, 0.6) is 0 Å². The smallest absolute Gasteiger partial charge is 0.268 e. The van der Waals surface area contributed by atoms with Gasteiger partial charge >= 0.3 is 0 Å². The molecule has 3 aromatic rings. The van der Waals surface area contributed by atoms with Crippen molar-refractivity contribution in [2.24, 2.45) is 7.05 Å². The van der Waals surface area contributed by atoms with Crippen LogP contribution >= 0.6 is 0 Å². The predicted molar refractivity (Wildman–Crippen MR) is 81.5 cm³/mol. The van der Waals surface area contributed by atoms with Crippen molar-refractivity contribution in [3.8, 4) is 6.07 Å². The molecule has 7 nitrogen and oxygen atoms in total. The Kier molecular flexibility index (Phi) is 3.42. The van der Waals surface area contributed by atoms with Crippen LogP contribution in [-0.2, 0) is 11.8 Å². The molecule has 0 aliphatic rings. The van der Waals surface area contributed by atoms with E-state index < -0.39 is 5.91 Å². The summed E-state index contributed by atoms with van der Waals surface area (Å²) in [5.74, 6) is -0.337. The molecule has 0 fully saturated rings. The second-order valence-corrected chi connectivity index (χ2v) is 4.67. The Morgan fingerprint density at radius 2 is 2.27 bits per heavy atom. The van der Waals surface area contributed by atoms with Gasteiger partial charge in [0.05, 0.1) is 0 Å². The molecule has 3 rings (SSSR count). The molecule has 0 bridgehead atoms. The number of carbonyl (C=O) groups is 1. The maximum Gasteiger partial charge on any atom is 0.268 e. The lowest BCUT2D eigenvalue weighted by molar-refractivity contribution is -0.112. The van der Waals surface area contributed by atoms with E-state index in [1.54, 1.807) is 6.08 Å². The number of anilines is 1. The van der Waals surface area contributed by atoms with Crippen molar-refractivity contribution in [1.82, 2.24) is 19.7 Å². The first-order chi connectivity index (χ1) is 10.7. The summed E-state index contributed by atoms with van der Waals surface area (Å²) >= 11 is 0. The highest BCUT2D eigenvalue weighted by molar-refractivity contribution is 6.10. The average Bonchev–Trinajstić information content (AvgIpc) is 3.14. The fraction of sp³-hybridized carbons (Fsp3) is 0.0667. The third-order valence-corrected chi connectivity index (χ3v) is 3.24. The van der Waals surface area contributed by atoms with Crippen molar-refractivity contribution in [3.63, 3.8) is 0 Å². The third-order valence-electron chi connectivity index (χ3n) is 3.24. The van der Waals surface area contributed by atoms with Crippen LogP contribution in [0.15, 0.2) is 42.4 Å². The number of para-hydroxylation sites is 1. The number of aromatic amines is 1. The maximum atomic E-state index is 12.1. The highest BCUT2D eigenvalue weighted by Crippen LogP contribution is 2.22. The predicted octanol–water partition coefficient (Wildman–Crippen LogP) is 1.84. The Hall–Kier alpha value is -3.40. The van der Waals surface area contributed by atoms with Crippen LogP contribution in [0, 0.1) is 11.3 Å². The summed E-state index contributed by atoms with van der Waals surface area (Å²) in [6.07, 6.45) is 4.72. The average molecular weight is 292 g/mol. The summed E-state index contributed by atoms with van der Waals surface area (Å²) in [5.41, 5.74) is 1.83. The lowest BCUT2D eigenvalue weighted by Gasteiger charge is -1.99. The summed E-state index contributed by atoms with van der Waals surface area (Å²) in [5, 5.41) is 18.8. The van der Waals surface area contributed by atoms with E-state index in [0.717, 1.165) is 16.5 Å². The van der Waals surface area contributed by atoms with E-state index in [9.17, 15) is 10.1 Å². The lowest BCUT2D eigenvalue weighted by Crippen LogP contribution is -2.14. The van der Waals surface area contributed by atoms with Crippen LogP contribution in [0.1, 0.15) is 5.56 Å². The standard InChI is InChI=1S/C15H12N6O/c1-21-8-11(12-4-2-3-5-13(12)21)6-10(7-16)14(22)19-15-17-9-18-20-15/h2-6,8-9H,1H3,(H2,17,18,19,20,22). The Morgan fingerprint density at radius 1 is 1.45 bits per heavy atom. The number of hydrogen-bond acceptors (Lipinski definition) is 4. The molecule has 0 spiro atoms. The third kappa shape index (κ3) is 2.45. The van der Waals surface area contributed by atoms with Gasteiger partial charge in [-0.05, 0) is 12.1 Å². The molecule has 0 aliphatic carbocycles. The topological polar surface area (TPSA) is 99.4 Å². The number of nitrogens with zero attached hydrogens (tertiary/aromatic N) is 4. The zero-order valence-electron chi connectivity index (χ0n) is 11.7. The number of nitriles is 1. The van der Waals surface area contributed by atoms with Gasteiger partial charge in [0.15, 0.2) is 0 Å². The Bertz CT molecular complexity index is 898. The normalized spacial score (nSPS) is 11.4. The number of aromatic nitrogens is 4. The molecule has 0 radical (unpaired) electrons. The molecular formula is C15H12N6O. The lowest BCUT2D eigenvalue weighted by atomic mass is 10.1. The van der Waals surface area contributed by atoms with Gasteiger partial charge < -0.3 is 4.57 Å². The van der Waals surface area contributed by atoms with Gasteiger partial charge in [0.25, 0.3) is 5.91 Å². The molecule has 0 atom stereocenters. The van der Waals surface area contributed by atoms with E-state index in [0.29, 0.717) is 0 Å². The van der Waals surface area contributed by atoms with Gasteiger partial charge in [-0.15, -0.1) is 0 Å². The van der Waals surface area contributed by atoms with Gasteiger partial charge in [0, 0.05) is 29.7 Å². The Labute approximate surface area is 125 Å². The molecule has 108 valence electrons. The van der Waals surface area contributed by atoms with Gasteiger partial charge in [-0.25, -0.2) is 5.10 Å². The number of H-pyrrole nitrogens is 1. The summed E-state index contributed by atoms with van der Waals surface area (Å²) in [7, 11) is 1.92. The number of fused-ring (bicyclic) bond motifs is 1. The number of amides is 1. The van der Waals surface area contributed by atoms with E-state index >= 15 is 0 Å². The first-order valence-electron chi connectivity index (χ1n) is 6.51. The van der Waals surface area contributed by atoms with Crippen molar-refractivity contribution in [2.45, 2.75) is 0 Å². The molecule has 0 unspecified atom stereocenters. The molecular weight excluding hydrogens is 280 g/mol. The van der Waals surface area contributed by atoms with Crippen LogP contribution in [0.2, 0.25) is 0 Å². The van der Waals surface area contributed by atoms with Gasteiger partial charge in [-0.3, -0.25) is 10.1 Å². The van der Waals surface area contributed by atoms with E-state index in [1.807, 2.05) is 48.1 Å². The number of rotatable bonds is 3. The maximum absolute atomic E-state index is 12.1. The molecule has 0 saturated carbocycles. The van der Waals surface area contributed by atoms with Gasteiger partial charge in [0.2, 0.25) is 5.95 Å². The van der Waals surface area contributed by atoms with Crippen molar-refractivity contribution >= 4 is 28.8 Å². The SMILES string of the molecule is Cn1cc(C=C(C#N)C(=O)Nc2ncn[nH]2)c2ccccc21. The minimum atomic E-state index is -0.535. The number of carbonyl (C=O) groups excluding carboxylic acids is 1. The summed E-state index contributed by atoms with van der Waals surface area (Å²) in [6, 6.07) is 9.70. The fourth-order valence-corrected chi connectivity index (χ4v) is 2.23. The highest BCUT2D eigenvalue weighted by Gasteiger charge is 2.12. The zero-order valence-corrected chi connectivity index (χ0v) is 11.7. The largest absolute Gasteiger partial charge is 0.350 e. The van der Waals surface area contributed by atoms with Crippen molar-refractivity contribution < 1.29 is 4.79 Å². The number of aryl methyl sites for hydroxylation is 1. The molecule has 2 aromatic heterocycles. The quantitative estimate of drug-likeness (QED) is 0.568. The summed E-state index contributed by atoms with van der Waals surface area (Å²) in [4.78, 5) is 15.9.